The molecule has 9 heteroatoms. The second kappa shape index (κ2) is 8.09. The molecule has 1 aliphatic rings. The normalized spacial score (nSPS) is 14.3. The lowest BCUT2D eigenvalue weighted by atomic mass is 10.1. The predicted octanol–water partition coefficient (Wildman–Crippen LogP) is 4.45. The Hall–Kier alpha value is -3.56. The zero-order chi connectivity index (χ0) is 22.4. The Kier molecular flexibility index (Phi) is 4.92. The van der Waals surface area contributed by atoms with Gasteiger partial charge >= 0.3 is 0 Å². The molecule has 1 aromatic carbocycles. The number of benzene rings is 1. The SMILES string of the molecule is COc1ccncc1-c1sc2c(N3CCOCC3)nc(-c3cccc4[nH]ncc34)nc2c1C. The summed E-state index contributed by atoms with van der Waals surface area (Å²) in [6.07, 6.45) is 5.43. The fourth-order valence-electron chi connectivity index (χ4n) is 4.33. The van der Waals surface area contributed by atoms with Gasteiger partial charge in [-0.1, -0.05) is 12.1 Å². The zero-order valence-corrected chi connectivity index (χ0v) is 19.1. The highest BCUT2D eigenvalue weighted by molar-refractivity contribution is 7.23. The zero-order valence-electron chi connectivity index (χ0n) is 18.3. The van der Waals surface area contributed by atoms with E-state index in [0.29, 0.717) is 19.0 Å². The van der Waals surface area contributed by atoms with Crippen LogP contribution in [0.3, 0.4) is 0 Å². The average Bonchev–Trinajstić information content (AvgIpc) is 3.48. The Bertz CT molecular complexity index is 1470. The van der Waals surface area contributed by atoms with Crippen molar-refractivity contribution >= 4 is 38.3 Å². The summed E-state index contributed by atoms with van der Waals surface area (Å²) in [5.74, 6) is 2.44. The highest BCUT2D eigenvalue weighted by Gasteiger charge is 2.24. The van der Waals surface area contributed by atoms with Crippen molar-refractivity contribution in [1.29, 1.82) is 0 Å². The molecule has 0 amide bonds. The number of methoxy groups -OCH3 is 1. The van der Waals surface area contributed by atoms with Gasteiger partial charge in [0, 0.05) is 41.3 Å². The van der Waals surface area contributed by atoms with Crippen LogP contribution in [0.2, 0.25) is 0 Å². The molecular formula is C24H22N6O2S. The van der Waals surface area contributed by atoms with Crippen LogP contribution in [-0.2, 0) is 4.74 Å². The highest BCUT2D eigenvalue weighted by Crippen LogP contribution is 2.44. The van der Waals surface area contributed by atoms with Crippen molar-refractivity contribution < 1.29 is 9.47 Å². The Balaban J connectivity index is 1.62. The first-order valence-corrected chi connectivity index (χ1v) is 11.6. The minimum Gasteiger partial charge on any atom is -0.496 e. The van der Waals surface area contributed by atoms with Crippen LogP contribution in [0.25, 0.3) is 42.9 Å². The fourth-order valence-corrected chi connectivity index (χ4v) is 5.61. The van der Waals surface area contributed by atoms with Crippen LogP contribution in [0.4, 0.5) is 5.82 Å². The summed E-state index contributed by atoms with van der Waals surface area (Å²) in [6, 6.07) is 7.95. The molecule has 1 fully saturated rings. The van der Waals surface area contributed by atoms with Gasteiger partial charge in [0.05, 0.1) is 47.8 Å². The fraction of sp³-hybridized carbons (Fsp3) is 0.250. The van der Waals surface area contributed by atoms with Gasteiger partial charge in [-0.15, -0.1) is 11.3 Å². The molecule has 0 aliphatic carbocycles. The van der Waals surface area contributed by atoms with Crippen LogP contribution < -0.4 is 9.64 Å². The molecule has 8 nitrogen and oxygen atoms in total. The molecule has 0 unspecified atom stereocenters. The molecule has 6 rings (SSSR count). The van der Waals surface area contributed by atoms with Crippen LogP contribution in [0.1, 0.15) is 5.56 Å². The summed E-state index contributed by atoms with van der Waals surface area (Å²) in [4.78, 5) is 17.9. The van der Waals surface area contributed by atoms with Crippen molar-refractivity contribution in [2.75, 3.05) is 38.3 Å². The maximum absolute atomic E-state index is 5.62. The van der Waals surface area contributed by atoms with Crippen LogP contribution in [0.15, 0.2) is 42.9 Å². The number of thiophene rings is 1. The second-order valence-electron chi connectivity index (χ2n) is 7.92. The number of hydrogen-bond acceptors (Lipinski definition) is 8. The lowest BCUT2D eigenvalue weighted by molar-refractivity contribution is 0.122. The third kappa shape index (κ3) is 3.32. The van der Waals surface area contributed by atoms with E-state index in [9.17, 15) is 0 Å². The van der Waals surface area contributed by atoms with E-state index in [1.165, 1.54) is 0 Å². The van der Waals surface area contributed by atoms with Gasteiger partial charge in [-0.2, -0.15) is 5.10 Å². The van der Waals surface area contributed by atoms with Crippen LogP contribution in [0.5, 0.6) is 5.75 Å². The van der Waals surface area contributed by atoms with Gasteiger partial charge < -0.3 is 14.4 Å². The van der Waals surface area contributed by atoms with E-state index in [-0.39, 0.29) is 0 Å². The lowest BCUT2D eigenvalue weighted by Gasteiger charge is -2.28. The first-order valence-electron chi connectivity index (χ1n) is 10.8. The molecule has 33 heavy (non-hydrogen) atoms. The average molecular weight is 459 g/mol. The van der Waals surface area contributed by atoms with E-state index in [1.54, 1.807) is 24.6 Å². The Morgan fingerprint density at radius 3 is 2.82 bits per heavy atom. The molecule has 0 saturated carbocycles. The van der Waals surface area contributed by atoms with Crippen molar-refractivity contribution in [3.63, 3.8) is 0 Å². The number of H-pyrrole nitrogens is 1. The number of hydrogen-bond donors (Lipinski definition) is 1. The Labute approximate surface area is 194 Å². The Morgan fingerprint density at radius 1 is 1.09 bits per heavy atom. The minimum absolute atomic E-state index is 0.686. The summed E-state index contributed by atoms with van der Waals surface area (Å²) in [5, 5.41) is 8.27. The molecule has 4 aromatic heterocycles. The van der Waals surface area contributed by atoms with Gasteiger partial charge in [-0.3, -0.25) is 10.1 Å². The second-order valence-corrected chi connectivity index (χ2v) is 8.94. The molecule has 0 spiro atoms. The number of aromatic nitrogens is 5. The predicted molar refractivity (Wildman–Crippen MR) is 130 cm³/mol. The van der Waals surface area contributed by atoms with E-state index < -0.39 is 0 Å². The smallest absolute Gasteiger partial charge is 0.162 e. The van der Waals surface area contributed by atoms with E-state index >= 15 is 0 Å². The first kappa shape index (κ1) is 20.1. The summed E-state index contributed by atoms with van der Waals surface area (Å²) >= 11 is 1.69. The molecular weight excluding hydrogens is 436 g/mol. The molecule has 1 N–H and O–H groups in total. The van der Waals surface area contributed by atoms with Crippen LogP contribution in [-0.4, -0.2) is 58.6 Å². The quantitative estimate of drug-likeness (QED) is 0.426. The number of aryl methyl sites for hydroxylation is 1. The Morgan fingerprint density at radius 2 is 1.97 bits per heavy atom. The molecule has 0 bridgehead atoms. The highest BCUT2D eigenvalue weighted by atomic mass is 32.1. The number of morpholine rings is 1. The number of aromatic amines is 1. The van der Waals surface area contributed by atoms with E-state index in [4.69, 9.17) is 19.4 Å². The van der Waals surface area contributed by atoms with Crippen molar-refractivity contribution in [3.8, 4) is 27.6 Å². The molecule has 0 radical (unpaired) electrons. The van der Waals surface area contributed by atoms with Crippen molar-refractivity contribution in [3.05, 3.63) is 48.4 Å². The summed E-state index contributed by atoms with van der Waals surface area (Å²) in [7, 11) is 1.68. The van der Waals surface area contributed by atoms with Gasteiger partial charge in [-0.25, -0.2) is 9.97 Å². The van der Waals surface area contributed by atoms with E-state index in [1.807, 2.05) is 30.6 Å². The molecule has 1 saturated heterocycles. The number of anilines is 1. The number of fused-ring (bicyclic) bond motifs is 2. The van der Waals surface area contributed by atoms with Gasteiger partial charge in [0.1, 0.15) is 5.75 Å². The molecule has 1 aliphatic heterocycles. The maximum atomic E-state index is 5.62. The van der Waals surface area contributed by atoms with Crippen LogP contribution >= 0.6 is 11.3 Å². The number of pyridine rings is 1. The van der Waals surface area contributed by atoms with Crippen molar-refractivity contribution in [2.45, 2.75) is 6.92 Å². The van der Waals surface area contributed by atoms with Crippen molar-refractivity contribution in [2.24, 2.45) is 0 Å². The topological polar surface area (TPSA) is 89.0 Å². The largest absolute Gasteiger partial charge is 0.496 e. The third-order valence-electron chi connectivity index (χ3n) is 6.03. The van der Waals surface area contributed by atoms with Gasteiger partial charge in [0.15, 0.2) is 11.6 Å². The molecule has 166 valence electrons. The molecule has 5 aromatic rings. The lowest BCUT2D eigenvalue weighted by Crippen LogP contribution is -2.36. The number of ether oxygens (including phenoxy) is 2. The maximum Gasteiger partial charge on any atom is 0.162 e. The monoisotopic (exact) mass is 458 g/mol. The van der Waals surface area contributed by atoms with Gasteiger partial charge in [-0.05, 0) is 24.6 Å². The van der Waals surface area contributed by atoms with E-state index in [0.717, 1.165) is 67.3 Å². The van der Waals surface area contributed by atoms with Crippen molar-refractivity contribution in [1.82, 2.24) is 25.1 Å². The van der Waals surface area contributed by atoms with Gasteiger partial charge in [0.2, 0.25) is 0 Å². The van der Waals surface area contributed by atoms with Gasteiger partial charge in [0.25, 0.3) is 0 Å². The standard InChI is InChI=1S/C24H22N6O2S/c1-14-20-22(33-21(14)17-12-25-7-6-19(17)31-2)24(30-8-10-32-11-9-30)28-23(27-20)15-4-3-5-18-16(15)13-26-29-18/h3-7,12-13H,8-11H2,1-2H3,(H,26,29). The minimum atomic E-state index is 0.686. The number of rotatable bonds is 4. The molecule has 0 atom stereocenters. The summed E-state index contributed by atoms with van der Waals surface area (Å²) < 4.78 is 12.3. The number of nitrogens with zero attached hydrogens (tertiary/aromatic N) is 5. The number of nitrogens with one attached hydrogen (secondary N) is 1. The summed E-state index contributed by atoms with van der Waals surface area (Å²) in [5.41, 5.74) is 4.94. The third-order valence-corrected chi connectivity index (χ3v) is 7.34. The van der Waals surface area contributed by atoms with Crippen LogP contribution in [0, 0.1) is 6.92 Å². The first-order chi connectivity index (χ1) is 16.2. The van der Waals surface area contributed by atoms with E-state index in [2.05, 4.69) is 33.1 Å². The molecule has 5 heterocycles. The summed E-state index contributed by atoms with van der Waals surface area (Å²) in [6.45, 7) is 5.07.